The van der Waals surface area contributed by atoms with Crippen LogP contribution in [0.25, 0.3) is 0 Å². The van der Waals surface area contributed by atoms with E-state index in [0.29, 0.717) is 6.42 Å². The van der Waals surface area contributed by atoms with E-state index in [1.807, 2.05) is 0 Å². The molecule has 64 valence electrons. The maximum Gasteiger partial charge on any atom is 0.393 e. The minimum atomic E-state index is -1.11. The lowest BCUT2D eigenvalue weighted by Crippen LogP contribution is -2.24. The molecule has 0 spiro atoms. The molecule has 5 heteroatoms. The van der Waals surface area contributed by atoms with Gasteiger partial charge in [0, 0.05) is 6.42 Å². The van der Waals surface area contributed by atoms with Gasteiger partial charge in [0.1, 0.15) is 0 Å². The number of nitrogens with two attached hydrogens (primary N) is 1. The molecular weight excluding hydrogens is 150 g/mol. The van der Waals surface area contributed by atoms with E-state index in [1.165, 1.54) is 0 Å². The highest BCUT2D eigenvalue weighted by molar-refractivity contribution is 6.33. The summed E-state index contributed by atoms with van der Waals surface area (Å²) in [6.45, 7) is 1.70. The van der Waals surface area contributed by atoms with Gasteiger partial charge in [0.05, 0.1) is 6.10 Å². The second-order valence-corrected chi connectivity index (χ2v) is 2.09. The monoisotopic (exact) mass is 161 g/mol. The van der Waals surface area contributed by atoms with Crippen LogP contribution < -0.4 is 5.90 Å². The van der Waals surface area contributed by atoms with Gasteiger partial charge >= 0.3 is 5.97 Å². The summed E-state index contributed by atoms with van der Waals surface area (Å²) in [5, 5.41) is 8.90. The molecule has 1 atom stereocenters. The standard InChI is InChI=1S/C6H11NO4/c1-2-4(8)3-5(9)6(10)11-7/h4,8H,2-3,7H2,1H3. The minimum Gasteiger partial charge on any atom is -0.393 e. The van der Waals surface area contributed by atoms with E-state index in [0.717, 1.165) is 0 Å². The van der Waals surface area contributed by atoms with Gasteiger partial charge in [-0.3, -0.25) is 4.79 Å². The zero-order chi connectivity index (χ0) is 8.85. The molecule has 0 radical (unpaired) electrons. The van der Waals surface area contributed by atoms with Gasteiger partial charge in [0.25, 0.3) is 0 Å². The normalized spacial score (nSPS) is 12.3. The number of hydrogen-bond donors (Lipinski definition) is 2. The number of ketones is 1. The molecule has 0 aliphatic heterocycles. The van der Waals surface area contributed by atoms with Crippen molar-refractivity contribution in [1.29, 1.82) is 0 Å². The summed E-state index contributed by atoms with van der Waals surface area (Å²) in [5.74, 6) is 2.52. The predicted octanol–water partition coefficient (Wildman–Crippen LogP) is -0.867. The molecule has 0 fully saturated rings. The van der Waals surface area contributed by atoms with Crippen molar-refractivity contribution >= 4 is 11.8 Å². The van der Waals surface area contributed by atoms with Gasteiger partial charge in [-0.05, 0) is 6.42 Å². The number of aliphatic hydroxyl groups excluding tert-OH is 1. The third kappa shape index (κ3) is 3.69. The Labute approximate surface area is 64.1 Å². The Balaban J connectivity index is 3.77. The minimum absolute atomic E-state index is 0.230. The molecular formula is C6H11NO4. The summed E-state index contributed by atoms with van der Waals surface area (Å²) >= 11 is 0. The summed E-state index contributed by atoms with van der Waals surface area (Å²) in [5.41, 5.74) is 0. The fraction of sp³-hybridized carbons (Fsp3) is 0.667. The van der Waals surface area contributed by atoms with E-state index in [-0.39, 0.29) is 6.42 Å². The van der Waals surface area contributed by atoms with Crippen LogP contribution in [0.2, 0.25) is 0 Å². The lowest BCUT2D eigenvalue weighted by atomic mass is 10.1. The quantitative estimate of drug-likeness (QED) is 0.413. The first-order valence-corrected chi connectivity index (χ1v) is 3.23. The first kappa shape index (κ1) is 10.1. The molecule has 11 heavy (non-hydrogen) atoms. The molecule has 0 aromatic heterocycles. The summed E-state index contributed by atoms with van der Waals surface area (Å²) in [6.07, 6.45) is -0.600. The summed E-state index contributed by atoms with van der Waals surface area (Å²) in [6, 6.07) is 0. The molecule has 0 aromatic carbocycles. The van der Waals surface area contributed by atoms with E-state index in [2.05, 4.69) is 10.7 Å². The highest BCUT2D eigenvalue weighted by Gasteiger charge is 2.17. The molecule has 0 rings (SSSR count). The highest BCUT2D eigenvalue weighted by Crippen LogP contribution is 1.97. The summed E-state index contributed by atoms with van der Waals surface area (Å²) in [4.78, 5) is 24.6. The van der Waals surface area contributed by atoms with Gasteiger partial charge in [-0.1, -0.05) is 6.92 Å². The van der Waals surface area contributed by atoms with Crippen LogP contribution in [-0.4, -0.2) is 23.0 Å². The van der Waals surface area contributed by atoms with Crippen molar-refractivity contribution in [1.82, 2.24) is 0 Å². The average Bonchev–Trinajstić information content (AvgIpc) is 2.02. The Morgan fingerprint density at radius 3 is 2.55 bits per heavy atom. The smallest absolute Gasteiger partial charge is 0.393 e. The number of carbonyl (C=O) groups excluding carboxylic acids is 2. The second kappa shape index (κ2) is 4.81. The van der Waals surface area contributed by atoms with Crippen LogP contribution in [0, 0.1) is 0 Å². The average molecular weight is 161 g/mol. The number of rotatable bonds is 4. The molecule has 0 heterocycles. The maximum absolute atomic E-state index is 10.6. The number of carbonyl (C=O) groups is 2. The number of hydrogen-bond acceptors (Lipinski definition) is 5. The zero-order valence-corrected chi connectivity index (χ0v) is 6.24. The Morgan fingerprint density at radius 2 is 2.18 bits per heavy atom. The van der Waals surface area contributed by atoms with Crippen LogP contribution in [0.1, 0.15) is 19.8 Å². The van der Waals surface area contributed by atoms with Gasteiger partial charge < -0.3 is 9.94 Å². The van der Waals surface area contributed by atoms with Gasteiger partial charge in [0.15, 0.2) is 0 Å². The van der Waals surface area contributed by atoms with Gasteiger partial charge in [-0.15, -0.1) is 0 Å². The fourth-order valence-electron chi connectivity index (χ4n) is 0.507. The van der Waals surface area contributed by atoms with E-state index >= 15 is 0 Å². The third-order valence-corrected chi connectivity index (χ3v) is 1.23. The number of Topliss-reactive ketones (excluding diaryl/α,β-unsaturated/α-hetero) is 1. The van der Waals surface area contributed by atoms with E-state index in [4.69, 9.17) is 5.11 Å². The second-order valence-electron chi connectivity index (χ2n) is 2.09. The molecule has 3 N–H and O–H groups in total. The molecule has 0 saturated heterocycles. The first-order chi connectivity index (χ1) is 5.11. The molecule has 0 saturated carbocycles. The molecule has 5 nitrogen and oxygen atoms in total. The Bertz CT molecular complexity index is 157. The van der Waals surface area contributed by atoms with Crippen molar-refractivity contribution in [2.24, 2.45) is 5.90 Å². The van der Waals surface area contributed by atoms with E-state index in [1.54, 1.807) is 6.92 Å². The third-order valence-electron chi connectivity index (χ3n) is 1.23. The number of aliphatic hydroxyl groups is 1. The molecule has 0 amide bonds. The van der Waals surface area contributed by atoms with Crippen LogP contribution in [0.5, 0.6) is 0 Å². The van der Waals surface area contributed by atoms with Gasteiger partial charge in [-0.2, -0.15) is 5.90 Å². The lowest BCUT2D eigenvalue weighted by Gasteiger charge is -2.03. The molecule has 0 bridgehead atoms. The van der Waals surface area contributed by atoms with Crippen LogP contribution >= 0.6 is 0 Å². The van der Waals surface area contributed by atoms with E-state index < -0.39 is 17.9 Å². The SMILES string of the molecule is CCC(O)CC(=O)C(=O)ON. The predicted molar refractivity (Wildman–Crippen MR) is 36.2 cm³/mol. The topological polar surface area (TPSA) is 89.6 Å². The van der Waals surface area contributed by atoms with Crippen LogP contribution in [-0.2, 0) is 14.4 Å². The zero-order valence-electron chi connectivity index (χ0n) is 6.24. The van der Waals surface area contributed by atoms with Crippen molar-refractivity contribution in [3.8, 4) is 0 Å². The first-order valence-electron chi connectivity index (χ1n) is 3.23. The maximum atomic E-state index is 10.6. The Kier molecular flexibility index (Phi) is 4.40. The van der Waals surface area contributed by atoms with Crippen LogP contribution in [0.15, 0.2) is 0 Å². The summed E-state index contributed by atoms with van der Waals surface area (Å²) < 4.78 is 0. The molecule has 0 aliphatic carbocycles. The highest BCUT2D eigenvalue weighted by atomic mass is 16.7. The Morgan fingerprint density at radius 1 is 1.64 bits per heavy atom. The van der Waals surface area contributed by atoms with Crippen LogP contribution in [0.3, 0.4) is 0 Å². The van der Waals surface area contributed by atoms with Crippen molar-refractivity contribution in [2.75, 3.05) is 0 Å². The fourth-order valence-corrected chi connectivity index (χ4v) is 0.507. The molecule has 0 aliphatic rings. The van der Waals surface area contributed by atoms with Gasteiger partial charge in [-0.25, -0.2) is 4.79 Å². The van der Waals surface area contributed by atoms with Crippen molar-refractivity contribution in [3.05, 3.63) is 0 Å². The van der Waals surface area contributed by atoms with Gasteiger partial charge in [0.2, 0.25) is 5.78 Å². The van der Waals surface area contributed by atoms with Crippen molar-refractivity contribution < 1.29 is 19.5 Å². The summed E-state index contributed by atoms with van der Waals surface area (Å²) in [7, 11) is 0. The van der Waals surface area contributed by atoms with Crippen molar-refractivity contribution in [3.63, 3.8) is 0 Å². The Hall–Kier alpha value is -0.940. The van der Waals surface area contributed by atoms with Crippen molar-refractivity contribution in [2.45, 2.75) is 25.9 Å². The largest absolute Gasteiger partial charge is 0.393 e. The van der Waals surface area contributed by atoms with E-state index in [9.17, 15) is 9.59 Å². The molecule has 0 aromatic rings. The molecule has 1 unspecified atom stereocenters. The lowest BCUT2D eigenvalue weighted by molar-refractivity contribution is -0.155. The van der Waals surface area contributed by atoms with Crippen LogP contribution in [0.4, 0.5) is 0 Å².